The van der Waals surface area contributed by atoms with Crippen molar-refractivity contribution in [2.24, 2.45) is 5.92 Å². The Balaban J connectivity index is 3.28. The van der Waals surface area contributed by atoms with Crippen LogP contribution < -0.4 is 0 Å². The van der Waals surface area contributed by atoms with Crippen LogP contribution in [0.4, 0.5) is 0 Å². The van der Waals surface area contributed by atoms with E-state index in [0.717, 1.165) is 25.7 Å². The number of aliphatic hydroxyl groups excluding tert-OH is 2. The normalized spacial score (nSPS) is 13.1. The van der Waals surface area contributed by atoms with Crippen LogP contribution in [-0.2, 0) is 0 Å². The monoisotopic (exact) mass is 202 g/mol. The van der Waals surface area contributed by atoms with Crippen molar-refractivity contribution in [2.75, 3.05) is 13.2 Å². The molecular weight excluding hydrogens is 176 g/mol. The third kappa shape index (κ3) is 8.52. The Labute approximate surface area is 88.3 Å². The zero-order valence-electron chi connectivity index (χ0n) is 9.54. The predicted octanol–water partition coefficient (Wildman–Crippen LogP) is 2.73. The number of hydrogen-bond donors (Lipinski definition) is 2. The van der Waals surface area contributed by atoms with E-state index in [2.05, 4.69) is 6.92 Å². The molecule has 0 aromatic heterocycles. The van der Waals surface area contributed by atoms with Crippen LogP contribution in [0.1, 0.15) is 58.3 Å². The molecular formula is C12H26O2. The Morgan fingerprint density at radius 1 is 0.857 bits per heavy atom. The van der Waals surface area contributed by atoms with Gasteiger partial charge in [0.05, 0.1) is 0 Å². The van der Waals surface area contributed by atoms with Crippen molar-refractivity contribution < 1.29 is 10.2 Å². The first-order valence-corrected chi connectivity index (χ1v) is 6.06. The van der Waals surface area contributed by atoms with Crippen molar-refractivity contribution in [3.8, 4) is 0 Å². The summed E-state index contributed by atoms with van der Waals surface area (Å²) in [5.41, 5.74) is 0. The molecule has 0 heterocycles. The van der Waals surface area contributed by atoms with E-state index >= 15 is 0 Å². The minimum atomic E-state index is 0.305. The van der Waals surface area contributed by atoms with Crippen LogP contribution in [-0.4, -0.2) is 23.4 Å². The van der Waals surface area contributed by atoms with Gasteiger partial charge in [0.2, 0.25) is 0 Å². The SMILES string of the molecule is CCCCCC(CO)CCCCCO. The van der Waals surface area contributed by atoms with E-state index in [1.807, 2.05) is 0 Å². The van der Waals surface area contributed by atoms with Crippen LogP contribution in [0.3, 0.4) is 0 Å². The summed E-state index contributed by atoms with van der Waals surface area (Å²) in [6, 6.07) is 0. The van der Waals surface area contributed by atoms with Gasteiger partial charge in [0, 0.05) is 13.2 Å². The Kier molecular flexibility index (Phi) is 10.9. The van der Waals surface area contributed by atoms with Gasteiger partial charge in [-0.1, -0.05) is 39.0 Å². The lowest BCUT2D eigenvalue weighted by Crippen LogP contribution is -2.06. The molecule has 2 heteroatoms. The van der Waals surface area contributed by atoms with Gasteiger partial charge < -0.3 is 10.2 Å². The molecule has 0 rings (SSSR count). The number of rotatable bonds is 10. The quantitative estimate of drug-likeness (QED) is 0.535. The van der Waals surface area contributed by atoms with E-state index < -0.39 is 0 Å². The summed E-state index contributed by atoms with van der Waals surface area (Å²) in [6.45, 7) is 2.84. The zero-order valence-corrected chi connectivity index (χ0v) is 9.54. The van der Waals surface area contributed by atoms with Crippen molar-refractivity contribution in [1.82, 2.24) is 0 Å². The lowest BCUT2D eigenvalue weighted by molar-refractivity contribution is 0.202. The van der Waals surface area contributed by atoms with Gasteiger partial charge in [-0.25, -0.2) is 0 Å². The zero-order chi connectivity index (χ0) is 10.6. The molecule has 1 unspecified atom stereocenters. The van der Waals surface area contributed by atoms with Crippen LogP contribution in [0.2, 0.25) is 0 Å². The summed E-state index contributed by atoms with van der Waals surface area (Å²) in [5.74, 6) is 0.500. The summed E-state index contributed by atoms with van der Waals surface area (Å²) in [5, 5.41) is 17.7. The van der Waals surface area contributed by atoms with Crippen LogP contribution in [0, 0.1) is 5.92 Å². The van der Waals surface area contributed by atoms with E-state index in [1.54, 1.807) is 0 Å². The van der Waals surface area contributed by atoms with Crippen molar-refractivity contribution >= 4 is 0 Å². The molecule has 0 saturated carbocycles. The van der Waals surface area contributed by atoms with E-state index in [4.69, 9.17) is 10.2 Å². The van der Waals surface area contributed by atoms with Gasteiger partial charge in [-0.05, 0) is 25.2 Å². The average molecular weight is 202 g/mol. The second-order valence-electron chi connectivity index (χ2n) is 4.12. The minimum absolute atomic E-state index is 0.305. The first-order valence-electron chi connectivity index (χ1n) is 6.06. The van der Waals surface area contributed by atoms with Gasteiger partial charge >= 0.3 is 0 Å². The minimum Gasteiger partial charge on any atom is -0.396 e. The fraction of sp³-hybridized carbons (Fsp3) is 1.00. The summed E-state index contributed by atoms with van der Waals surface area (Å²) >= 11 is 0. The number of unbranched alkanes of at least 4 members (excludes halogenated alkanes) is 4. The standard InChI is InChI=1S/C12H26O2/c1-2-3-5-8-12(11-14)9-6-4-7-10-13/h12-14H,2-11H2,1H3. The summed E-state index contributed by atoms with van der Waals surface area (Å²) in [4.78, 5) is 0. The highest BCUT2D eigenvalue weighted by Gasteiger charge is 2.06. The van der Waals surface area contributed by atoms with Crippen LogP contribution in [0.5, 0.6) is 0 Å². The highest BCUT2D eigenvalue weighted by atomic mass is 16.3. The van der Waals surface area contributed by atoms with Crippen LogP contribution in [0.15, 0.2) is 0 Å². The third-order valence-electron chi connectivity index (χ3n) is 2.74. The summed E-state index contributed by atoms with van der Waals surface area (Å²) in [7, 11) is 0. The molecule has 0 aliphatic carbocycles. The van der Waals surface area contributed by atoms with Gasteiger partial charge in [0.25, 0.3) is 0 Å². The molecule has 0 spiro atoms. The first-order chi connectivity index (χ1) is 6.85. The van der Waals surface area contributed by atoms with Gasteiger partial charge in [-0.15, -0.1) is 0 Å². The van der Waals surface area contributed by atoms with Crippen molar-refractivity contribution in [1.29, 1.82) is 0 Å². The second-order valence-corrected chi connectivity index (χ2v) is 4.12. The number of aliphatic hydroxyl groups is 2. The molecule has 0 bridgehead atoms. The molecule has 2 N–H and O–H groups in total. The molecule has 0 saturated heterocycles. The maximum Gasteiger partial charge on any atom is 0.0459 e. The Morgan fingerprint density at radius 2 is 1.50 bits per heavy atom. The van der Waals surface area contributed by atoms with Gasteiger partial charge in [-0.3, -0.25) is 0 Å². The molecule has 0 aliphatic rings. The summed E-state index contributed by atoms with van der Waals surface area (Å²) < 4.78 is 0. The van der Waals surface area contributed by atoms with Gasteiger partial charge in [0.15, 0.2) is 0 Å². The van der Waals surface area contributed by atoms with Crippen molar-refractivity contribution in [2.45, 2.75) is 58.3 Å². The highest BCUT2D eigenvalue weighted by Crippen LogP contribution is 2.16. The topological polar surface area (TPSA) is 40.5 Å². The third-order valence-corrected chi connectivity index (χ3v) is 2.74. The molecule has 86 valence electrons. The largest absolute Gasteiger partial charge is 0.396 e. The lowest BCUT2D eigenvalue weighted by atomic mass is 9.96. The van der Waals surface area contributed by atoms with Crippen LogP contribution in [0.25, 0.3) is 0 Å². The molecule has 0 aromatic carbocycles. The van der Waals surface area contributed by atoms with Gasteiger partial charge in [0.1, 0.15) is 0 Å². The second kappa shape index (κ2) is 11.0. The Morgan fingerprint density at radius 3 is 2.00 bits per heavy atom. The molecule has 14 heavy (non-hydrogen) atoms. The molecule has 0 aromatic rings. The van der Waals surface area contributed by atoms with E-state index in [1.165, 1.54) is 25.7 Å². The number of hydrogen-bond acceptors (Lipinski definition) is 2. The molecule has 2 nitrogen and oxygen atoms in total. The van der Waals surface area contributed by atoms with Gasteiger partial charge in [-0.2, -0.15) is 0 Å². The fourth-order valence-corrected chi connectivity index (χ4v) is 1.73. The Bertz CT molecular complexity index is 104. The van der Waals surface area contributed by atoms with Crippen LogP contribution >= 0.6 is 0 Å². The molecule has 0 amide bonds. The fourth-order valence-electron chi connectivity index (χ4n) is 1.73. The molecule has 0 fully saturated rings. The predicted molar refractivity (Wildman–Crippen MR) is 60.3 cm³/mol. The lowest BCUT2D eigenvalue weighted by Gasteiger charge is -2.13. The average Bonchev–Trinajstić information content (AvgIpc) is 2.22. The highest BCUT2D eigenvalue weighted by molar-refractivity contribution is 4.58. The van der Waals surface area contributed by atoms with E-state index in [-0.39, 0.29) is 0 Å². The van der Waals surface area contributed by atoms with Crippen molar-refractivity contribution in [3.63, 3.8) is 0 Å². The Hall–Kier alpha value is -0.0800. The summed E-state index contributed by atoms with van der Waals surface area (Å²) in [6.07, 6.45) is 9.24. The van der Waals surface area contributed by atoms with E-state index in [9.17, 15) is 0 Å². The maximum atomic E-state index is 9.13. The molecule has 1 atom stereocenters. The molecule has 0 aliphatic heterocycles. The van der Waals surface area contributed by atoms with E-state index in [0.29, 0.717) is 19.1 Å². The first kappa shape index (κ1) is 13.9. The maximum absolute atomic E-state index is 9.13. The van der Waals surface area contributed by atoms with Crippen molar-refractivity contribution in [3.05, 3.63) is 0 Å². The molecule has 0 radical (unpaired) electrons. The smallest absolute Gasteiger partial charge is 0.0459 e.